The molecule has 0 fully saturated rings. The lowest BCUT2D eigenvalue weighted by Crippen LogP contribution is -2.13. The van der Waals surface area contributed by atoms with E-state index in [2.05, 4.69) is 47.1 Å². The normalized spacial score (nSPS) is 9.26. The van der Waals surface area contributed by atoms with E-state index < -0.39 is 0 Å². The van der Waals surface area contributed by atoms with Crippen molar-refractivity contribution in [1.82, 2.24) is 9.97 Å². The van der Waals surface area contributed by atoms with Gasteiger partial charge in [-0.05, 0) is 56.1 Å². The third-order valence-corrected chi connectivity index (χ3v) is 2.86. The van der Waals surface area contributed by atoms with Crippen molar-refractivity contribution in [2.24, 2.45) is 0 Å². The van der Waals surface area contributed by atoms with Gasteiger partial charge >= 0.3 is 0 Å². The molecule has 2 rings (SSSR count). The van der Waals surface area contributed by atoms with Gasteiger partial charge in [0.15, 0.2) is 0 Å². The smallest absolute Gasteiger partial charge is 0.258 e. The summed E-state index contributed by atoms with van der Waals surface area (Å²) in [5, 5.41) is 2.68. The summed E-state index contributed by atoms with van der Waals surface area (Å²) in [4.78, 5) is 19.9. The van der Waals surface area contributed by atoms with Gasteiger partial charge in [0.05, 0.1) is 5.56 Å². The van der Waals surface area contributed by atoms with Crippen LogP contribution in [0.1, 0.15) is 24.2 Å². The maximum atomic E-state index is 11.8. The third kappa shape index (κ3) is 5.08. The van der Waals surface area contributed by atoms with Crippen LogP contribution in [0.5, 0.6) is 0 Å². The van der Waals surface area contributed by atoms with Gasteiger partial charge in [-0.15, -0.1) is 0 Å². The second-order valence-electron chi connectivity index (χ2n) is 3.17. The summed E-state index contributed by atoms with van der Waals surface area (Å²) in [5.74, 6) is 0.253. The van der Waals surface area contributed by atoms with Crippen molar-refractivity contribution >= 4 is 43.6 Å². The molecule has 1 N–H and O–H groups in total. The van der Waals surface area contributed by atoms with E-state index in [9.17, 15) is 4.79 Å². The van der Waals surface area contributed by atoms with Crippen molar-refractivity contribution in [3.05, 3.63) is 51.3 Å². The number of amides is 1. The zero-order valence-electron chi connectivity index (χ0n) is 10.5. The van der Waals surface area contributed by atoms with E-state index in [0.717, 1.165) is 0 Å². The van der Waals surface area contributed by atoms with Crippen LogP contribution in [0.2, 0.25) is 0 Å². The fourth-order valence-electron chi connectivity index (χ4n) is 1.18. The van der Waals surface area contributed by atoms with Gasteiger partial charge in [0.25, 0.3) is 5.91 Å². The first-order valence-electron chi connectivity index (χ1n) is 5.70. The molecule has 0 aliphatic rings. The molecule has 19 heavy (non-hydrogen) atoms. The summed E-state index contributed by atoms with van der Waals surface area (Å²) in [6.07, 6.45) is 1.50. The fraction of sp³-hybridized carbons (Fsp3) is 0.154. The molecule has 6 heteroatoms. The van der Waals surface area contributed by atoms with Crippen molar-refractivity contribution in [1.29, 1.82) is 0 Å². The Balaban J connectivity index is 0.000000861. The Hall–Kier alpha value is -1.27. The van der Waals surface area contributed by atoms with Crippen LogP contribution in [0.25, 0.3) is 0 Å². The minimum Gasteiger partial charge on any atom is -0.306 e. The lowest BCUT2D eigenvalue weighted by atomic mass is 10.3. The number of anilines is 1. The highest BCUT2D eigenvalue weighted by Crippen LogP contribution is 2.12. The molecule has 2 aromatic heterocycles. The molecular weight excluding hydrogens is 374 g/mol. The standard InChI is InChI=1S/C11H7Br2N3O.C2H6/c12-8-5-4-7(6-14-8)11(17)16-10-3-1-2-9(13)15-10;1-2/h1-6H,(H,15,16,17);1-2H3. The molecule has 4 nitrogen and oxygen atoms in total. The highest BCUT2D eigenvalue weighted by atomic mass is 79.9. The minimum absolute atomic E-state index is 0.240. The first-order chi connectivity index (χ1) is 9.15. The SMILES string of the molecule is CC.O=C(Nc1cccc(Br)n1)c1ccc(Br)nc1. The number of hydrogen-bond donors (Lipinski definition) is 1. The molecule has 0 atom stereocenters. The number of nitrogens with one attached hydrogen (secondary N) is 1. The molecular formula is C13H13Br2N3O. The number of carbonyl (C=O) groups excluding carboxylic acids is 1. The van der Waals surface area contributed by atoms with E-state index in [1.54, 1.807) is 30.3 Å². The molecule has 0 aromatic carbocycles. The van der Waals surface area contributed by atoms with Crippen molar-refractivity contribution < 1.29 is 4.79 Å². The zero-order chi connectivity index (χ0) is 14.3. The number of halogens is 2. The number of nitrogens with zero attached hydrogens (tertiary/aromatic N) is 2. The molecule has 1 amide bonds. The van der Waals surface area contributed by atoms with E-state index >= 15 is 0 Å². The topological polar surface area (TPSA) is 54.9 Å². The van der Waals surface area contributed by atoms with Crippen LogP contribution in [0.4, 0.5) is 5.82 Å². The highest BCUT2D eigenvalue weighted by Gasteiger charge is 2.07. The van der Waals surface area contributed by atoms with Gasteiger partial charge in [0.1, 0.15) is 15.0 Å². The largest absolute Gasteiger partial charge is 0.306 e. The number of carbonyl (C=O) groups is 1. The van der Waals surface area contributed by atoms with Crippen LogP contribution < -0.4 is 5.32 Å². The van der Waals surface area contributed by atoms with Crippen molar-refractivity contribution in [2.75, 3.05) is 5.32 Å². The summed E-state index contributed by atoms with van der Waals surface area (Å²) in [5.41, 5.74) is 0.481. The summed E-state index contributed by atoms with van der Waals surface area (Å²) in [6, 6.07) is 8.70. The second-order valence-corrected chi connectivity index (χ2v) is 4.79. The van der Waals surface area contributed by atoms with E-state index in [-0.39, 0.29) is 5.91 Å². The van der Waals surface area contributed by atoms with Crippen LogP contribution in [-0.2, 0) is 0 Å². The molecule has 0 aliphatic heterocycles. The quantitative estimate of drug-likeness (QED) is 0.783. The van der Waals surface area contributed by atoms with E-state index in [0.29, 0.717) is 20.6 Å². The molecule has 0 unspecified atom stereocenters. The highest BCUT2D eigenvalue weighted by molar-refractivity contribution is 9.10. The lowest BCUT2D eigenvalue weighted by molar-refractivity contribution is 0.102. The number of pyridine rings is 2. The van der Waals surface area contributed by atoms with Gasteiger partial charge in [0.2, 0.25) is 0 Å². The lowest BCUT2D eigenvalue weighted by Gasteiger charge is -2.04. The van der Waals surface area contributed by atoms with E-state index in [4.69, 9.17) is 0 Å². The van der Waals surface area contributed by atoms with Crippen LogP contribution in [0, 0.1) is 0 Å². The average molecular weight is 387 g/mol. The molecule has 0 radical (unpaired) electrons. The Morgan fingerprint density at radius 3 is 2.42 bits per heavy atom. The second kappa shape index (κ2) is 8.01. The molecule has 100 valence electrons. The third-order valence-electron chi connectivity index (χ3n) is 1.95. The minimum atomic E-state index is -0.240. The van der Waals surface area contributed by atoms with E-state index in [1.807, 2.05) is 13.8 Å². The Morgan fingerprint density at radius 1 is 1.11 bits per heavy atom. The van der Waals surface area contributed by atoms with Crippen LogP contribution >= 0.6 is 31.9 Å². The van der Waals surface area contributed by atoms with Gasteiger partial charge in [0, 0.05) is 6.20 Å². The maximum Gasteiger partial charge on any atom is 0.258 e. The molecule has 0 bridgehead atoms. The number of aromatic nitrogens is 2. The van der Waals surface area contributed by atoms with E-state index in [1.165, 1.54) is 6.20 Å². The Bertz CT molecular complexity index is 544. The van der Waals surface area contributed by atoms with Crippen LogP contribution in [0.15, 0.2) is 45.7 Å². The Labute approximate surface area is 128 Å². The molecule has 2 heterocycles. The Kier molecular flexibility index (Phi) is 6.66. The summed E-state index contributed by atoms with van der Waals surface area (Å²) in [6.45, 7) is 4.00. The molecule has 0 spiro atoms. The first kappa shape index (κ1) is 15.8. The van der Waals surface area contributed by atoms with Crippen LogP contribution in [0.3, 0.4) is 0 Å². The molecule has 2 aromatic rings. The predicted octanol–water partition coefficient (Wildman–Crippen LogP) is 4.28. The van der Waals surface area contributed by atoms with Gasteiger partial charge in [-0.3, -0.25) is 4.79 Å². The monoisotopic (exact) mass is 385 g/mol. The summed E-state index contributed by atoms with van der Waals surface area (Å²) < 4.78 is 1.36. The summed E-state index contributed by atoms with van der Waals surface area (Å²) in [7, 11) is 0. The molecule has 0 saturated carbocycles. The number of hydrogen-bond acceptors (Lipinski definition) is 3. The van der Waals surface area contributed by atoms with Gasteiger partial charge in [-0.1, -0.05) is 19.9 Å². The van der Waals surface area contributed by atoms with Gasteiger partial charge in [-0.25, -0.2) is 9.97 Å². The van der Waals surface area contributed by atoms with Gasteiger partial charge in [-0.2, -0.15) is 0 Å². The molecule has 0 saturated heterocycles. The van der Waals surface area contributed by atoms with Gasteiger partial charge < -0.3 is 5.32 Å². The zero-order valence-corrected chi connectivity index (χ0v) is 13.7. The first-order valence-corrected chi connectivity index (χ1v) is 7.29. The fourth-order valence-corrected chi connectivity index (χ4v) is 1.75. The van der Waals surface area contributed by atoms with Crippen LogP contribution in [-0.4, -0.2) is 15.9 Å². The maximum absolute atomic E-state index is 11.8. The van der Waals surface area contributed by atoms with Crippen molar-refractivity contribution in [3.63, 3.8) is 0 Å². The predicted molar refractivity (Wildman–Crippen MR) is 83.2 cm³/mol. The average Bonchev–Trinajstić information content (AvgIpc) is 2.41. The molecule has 0 aliphatic carbocycles. The Morgan fingerprint density at radius 2 is 1.84 bits per heavy atom. The van der Waals surface area contributed by atoms with Crippen molar-refractivity contribution in [2.45, 2.75) is 13.8 Å². The summed E-state index contributed by atoms with van der Waals surface area (Å²) >= 11 is 6.45. The van der Waals surface area contributed by atoms with Crippen molar-refractivity contribution in [3.8, 4) is 0 Å². The number of rotatable bonds is 2.